The van der Waals surface area contributed by atoms with Crippen molar-refractivity contribution in [3.63, 3.8) is 0 Å². The van der Waals surface area contributed by atoms with Gasteiger partial charge in [-0.3, -0.25) is 9.59 Å². The summed E-state index contributed by atoms with van der Waals surface area (Å²) >= 11 is 19.1. The van der Waals surface area contributed by atoms with Crippen LogP contribution in [0.15, 0.2) is 19.6 Å². The lowest BCUT2D eigenvalue weighted by Crippen LogP contribution is -2.14. The van der Waals surface area contributed by atoms with Crippen molar-refractivity contribution in [2.75, 3.05) is 0 Å². The van der Waals surface area contributed by atoms with E-state index < -0.39 is 11.6 Å². The van der Waals surface area contributed by atoms with E-state index >= 15 is 0 Å². The number of hydrogen-bond donors (Lipinski definition) is 0. The average Bonchev–Trinajstić information content (AvgIpc) is 2.08. The maximum absolute atomic E-state index is 11.1. The summed E-state index contributed by atoms with van der Waals surface area (Å²) in [6.45, 7) is 0. The Kier molecular flexibility index (Phi) is 2.99. The van der Waals surface area contributed by atoms with E-state index in [1.807, 2.05) is 0 Å². The van der Waals surface area contributed by atoms with Crippen molar-refractivity contribution < 1.29 is 9.59 Å². The fraction of sp³-hybridized carbons (Fsp3) is 0. The van der Waals surface area contributed by atoms with Gasteiger partial charge in [-0.1, -0.05) is 34.8 Å². The Balaban J connectivity index is 3.32. The number of rotatable bonds is 0. The Morgan fingerprint density at radius 3 is 1.75 bits per heavy atom. The van der Waals surface area contributed by atoms with E-state index in [9.17, 15) is 9.59 Å². The molecule has 0 spiro atoms. The fourth-order valence-corrected chi connectivity index (χ4v) is 1.67. The minimum absolute atomic E-state index is 0.0523. The van der Waals surface area contributed by atoms with Crippen molar-refractivity contribution in [2.45, 2.75) is 0 Å². The molecular formula is C6BrCl3O2. The highest BCUT2D eigenvalue weighted by Crippen LogP contribution is 2.33. The van der Waals surface area contributed by atoms with Gasteiger partial charge in [0.1, 0.15) is 15.1 Å². The smallest absolute Gasteiger partial charge is 0.218 e. The van der Waals surface area contributed by atoms with Crippen LogP contribution in [0.3, 0.4) is 0 Å². The number of ketones is 2. The maximum atomic E-state index is 11.1. The molecule has 6 heteroatoms. The SMILES string of the molecule is O=C1C(Cl)=C(Cl)C(=O)C(Br)=C1Cl. The van der Waals surface area contributed by atoms with Crippen LogP contribution in [0.5, 0.6) is 0 Å². The number of carbonyl (C=O) groups excluding carboxylic acids is 2. The third-order valence-electron chi connectivity index (χ3n) is 1.18. The zero-order chi connectivity index (χ0) is 9.46. The van der Waals surface area contributed by atoms with E-state index in [0.29, 0.717) is 0 Å². The third-order valence-corrected chi connectivity index (χ3v) is 3.35. The highest BCUT2D eigenvalue weighted by molar-refractivity contribution is 9.12. The van der Waals surface area contributed by atoms with Gasteiger partial charge in [-0.05, 0) is 15.9 Å². The molecule has 0 N–H and O–H groups in total. The number of halogens is 4. The number of carbonyl (C=O) groups is 2. The first-order valence-electron chi connectivity index (χ1n) is 2.66. The Morgan fingerprint density at radius 2 is 1.25 bits per heavy atom. The average molecular weight is 290 g/mol. The van der Waals surface area contributed by atoms with Crippen LogP contribution >= 0.6 is 50.7 Å². The molecule has 0 aliphatic heterocycles. The standard InChI is InChI=1S/C6BrCl3O2/c7-1-2(8)6(12)4(10)3(9)5(1)11. The summed E-state index contributed by atoms with van der Waals surface area (Å²) in [4.78, 5) is 22.1. The Labute approximate surface area is 91.3 Å². The van der Waals surface area contributed by atoms with Gasteiger partial charge in [0.25, 0.3) is 0 Å². The Morgan fingerprint density at radius 1 is 0.833 bits per heavy atom. The molecule has 0 unspecified atom stereocenters. The molecule has 0 heterocycles. The normalized spacial score (nSPS) is 19.3. The van der Waals surface area contributed by atoms with Gasteiger partial charge < -0.3 is 0 Å². The second-order valence-electron chi connectivity index (χ2n) is 1.91. The first-order chi connectivity index (χ1) is 5.46. The van der Waals surface area contributed by atoms with Gasteiger partial charge in [-0.2, -0.15) is 0 Å². The molecule has 12 heavy (non-hydrogen) atoms. The third kappa shape index (κ3) is 1.46. The van der Waals surface area contributed by atoms with Crippen molar-refractivity contribution in [3.05, 3.63) is 19.6 Å². The van der Waals surface area contributed by atoms with E-state index in [-0.39, 0.29) is 19.6 Å². The van der Waals surface area contributed by atoms with Gasteiger partial charge in [0, 0.05) is 0 Å². The molecule has 1 rings (SSSR count). The van der Waals surface area contributed by atoms with Gasteiger partial charge in [-0.25, -0.2) is 0 Å². The van der Waals surface area contributed by atoms with Crippen LogP contribution in [-0.2, 0) is 9.59 Å². The van der Waals surface area contributed by atoms with Crippen LogP contribution in [-0.4, -0.2) is 11.6 Å². The lowest BCUT2D eigenvalue weighted by molar-refractivity contribution is -0.114. The van der Waals surface area contributed by atoms with Crippen molar-refractivity contribution in [3.8, 4) is 0 Å². The van der Waals surface area contributed by atoms with E-state index in [4.69, 9.17) is 34.8 Å². The van der Waals surface area contributed by atoms with Crippen molar-refractivity contribution >= 4 is 62.3 Å². The van der Waals surface area contributed by atoms with Crippen LogP contribution < -0.4 is 0 Å². The monoisotopic (exact) mass is 288 g/mol. The van der Waals surface area contributed by atoms with Crippen molar-refractivity contribution in [1.82, 2.24) is 0 Å². The molecule has 0 aromatic heterocycles. The molecule has 0 aromatic rings. The minimum atomic E-state index is -0.644. The zero-order valence-electron chi connectivity index (χ0n) is 5.33. The molecular weight excluding hydrogens is 290 g/mol. The molecule has 0 saturated heterocycles. The maximum Gasteiger partial charge on any atom is 0.218 e. The Hall–Kier alpha value is 0.170. The summed E-state index contributed by atoms with van der Waals surface area (Å²) in [6, 6.07) is 0. The zero-order valence-corrected chi connectivity index (χ0v) is 9.18. The summed E-state index contributed by atoms with van der Waals surface area (Å²) < 4.78 is -0.0523. The second-order valence-corrected chi connectivity index (χ2v) is 3.84. The van der Waals surface area contributed by atoms with Gasteiger partial charge >= 0.3 is 0 Å². The topological polar surface area (TPSA) is 34.1 Å². The van der Waals surface area contributed by atoms with Crippen molar-refractivity contribution in [1.29, 1.82) is 0 Å². The van der Waals surface area contributed by atoms with E-state index in [2.05, 4.69) is 15.9 Å². The summed E-state index contributed by atoms with van der Waals surface area (Å²) in [6.07, 6.45) is 0. The van der Waals surface area contributed by atoms with Crippen LogP contribution in [0, 0.1) is 0 Å². The van der Waals surface area contributed by atoms with Gasteiger partial charge in [0.2, 0.25) is 11.6 Å². The molecule has 64 valence electrons. The summed E-state index contributed by atoms with van der Waals surface area (Å²) in [5.41, 5.74) is 0. The highest BCUT2D eigenvalue weighted by Gasteiger charge is 2.30. The first kappa shape index (κ1) is 10.3. The number of allylic oxidation sites excluding steroid dienone is 4. The molecule has 0 amide bonds. The predicted molar refractivity (Wildman–Crippen MR) is 50.6 cm³/mol. The van der Waals surface area contributed by atoms with Crippen LogP contribution in [0.25, 0.3) is 0 Å². The molecule has 2 nitrogen and oxygen atoms in total. The van der Waals surface area contributed by atoms with Crippen LogP contribution in [0.1, 0.15) is 0 Å². The molecule has 1 aliphatic carbocycles. The molecule has 0 atom stereocenters. The van der Waals surface area contributed by atoms with Gasteiger partial charge in [-0.15, -0.1) is 0 Å². The lowest BCUT2D eigenvalue weighted by Gasteiger charge is -2.08. The lowest BCUT2D eigenvalue weighted by atomic mass is 10.1. The quantitative estimate of drug-likeness (QED) is 0.643. The Bertz CT molecular complexity index is 281. The van der Waals surface area contributed by atoms with E-state index in [0.717, 1.165) is 0 Å². The largest absolute Gasteiger partial charge is 0.287 e. The second kappa shape index (κ2) is 3.50. The molecule has 1 aliphatic rings. The highest BCUT2D eigenvalue weighted by atomic mass is 79.9. The number of Topliss-reactive ketones (excluding diaryl/α,β-unsaturated/α-hetero) is 2. The summed E-state index contributed by atoms with van der Waals surface area (Å²) in [5, 5.41) is -0.887. The van der Waals surface area contributed by atoms with Gasteiger partial charge in [0.05, 0.1) is 4.48 Å². The van der Waals surface area contributed by atoms with Crippen molar-refractivity contribution in [2.24, 2.45) is 0 Å². The molecule has 0 radical (unpaired) electrons. The van der Waals surface area contributed by atoms with Crippen LogP contribution in [0.4, 0.5) is 0 Å². The minimum Gasteiger partial charge on any atom is -0.287 e. The fourth-order valence-electron chi connectivity index (χ4n) is 0.591. The molecule has 0 saturated carbocycles. The van der Waals surface area contributed by atoms with Crippen LogP contribution in [0.2, 0.25) is 0 Å². The number of hydrogen-bond acceptors (Lipinski definition) is 2. The summed E-state index contributed by atoms with van der Waals surface area (Å²) in [7, 11) is 0. The first-order valence-corrected chi connectivity index (χ1v) is 4.59. The van der Waals surface area contributed by atoms with E-state index in [1.54, 1.807) is 0 Å². The molecule has 0 fully saturated rings. The predicted octanol–water partition coefficient (Wildman–Crippen LogP) is 2.67. The van der Waals surface area contributed by atoms with Gasteiger partial charge in [0.15, 0.2) is 0 Å². The molecule has 0 aromatic carbocycles. The van der Waals surface area contributed by atoms with E-state index in [1.165, 1.54) is 0 Å². The summed E-state index contributed by atoms with van der Waals surface area (Å²) in [5.74, 6) is -1.22. The molecule has 0 bridgehead atoms.